The molecule has 0 saturated carbocycles. The van der Waals surface area contributed by atoms with Gasteiger partial charge in [-0.3, -0.25) is 9.59 Å². The molecule has 0 spiro atoms. The number of rotatable bonds is 5. The second-order valence-corrected chi connectivity index (χ2v) is 4.30. The zero-order valence-corrected chi connectivity index (χ0v) is 10.8. The predicted octanol–water partition coefficient (Wildman–Crippen LogP) is 1.63. The molecular formula is C13H15F3N2O2. The largest absolute Gasteiger partial charge is 0.416 e. The van der Waals surface area contributed by atoms with Gasteiger partial charge in [-0.1, -0.05) is 19.1 Å². The zero-order valence-electron chi connectivity index (χ0n) is 10.8. The Bertz CT molecular complexity index is 483. The van der Waals surface area contributed by atoms with E-state index in [2.05, 4.69) is 5.32 Å². The van der Waals surface area contributed by atoms with Crippen molar-refractivity contribution < 1.29 is 22.8 Å². The zero-order chi connectivity index (χ0) is 15.3. The third kappa shape index (κ3) is 4.56. The van der Waals surface area contributed by atoms with Gasteiger partial charge in [-0.25, -0.2) is 0 Å². The van der Waals surface area contributed by atoms with Crippen LogP contribution in [0.25, 0.3) is 0 Å². The van der Waals surface area contributed by atoms with Gasteiger partial charge < -0.3 is 11.1 Å². The lowest BCUT2D eigenvalue weighted by molar-refractivity contribution is -0.137. The molecule has 0 unspecified atom stereocenters. The highest BCUT2D eigenvalue weighted by Crippen LogP contribution is 2.29. The number of carbonyl (C=O) groups excluding carboxylic acids is 2. The summed E-state index contributed by atoms with van der Waals surface area (Å²) in [5.41, 5.74) is 4.73. The van der Waals surface area contributed by atoms with E-state index in [9.17, 15) is 22.8 Å². The number of benzene rings is 1. The minimum Gasteiger partial charge on any atom is -0.368 e. The molecule has 0 radical (unpaired) electrons. The Morgan fingerprint density at radius 1 is 1.25 bits per heavy atom. The third-order valence-corrected chi connectivity index (χ3v) is 2.73. The fraction of sp³-hybridized carbons (Fsp3) is 0.385. The highest BCUT2D eigenvalue weighted by Gasteiger charge is 2.30. The van der Waals surface area contributed by atoms with Gasteiger partial charge in [0.15, 0.2) is 0 Å². The number of primary amides is 1. The molecule has 0 bridgehead atoms. The van der Waals surface area contributed by atoms with E-state index >= 15 is 0 Å². The van der Waals surface area contributed by atoms with Crippen molar-refractivity contribution in [3.63, 3.8) is 0 Å². The Morgan fingerprint density at radius 3 is 2.20 bits per heavy atom. The second kappa shape index (κ2) is 6.40. The molecule has 110 valence electrons. The number of hydrogen-bond donors (Lipinski definition) is 2. The standard InChI is InChI=1S/C13H15F3N2O2/c1-2-10(12(17)20)18-11(19)7-8-3-5-9(6-4-8)13(14,15)16/h3-6,10H,2,7H2,1H3,(H2,17,20)(H,18,19)/t10-/m0/s1. The van der Waals surface area contributed by atoms with Crippen molar-refractivity contribution in [1.82, 2.24) is 5.32 Å². The SMILES string of the molecule is CC[C@H](NC(=O)Cc1ccc(C(F)(F)F)cc1)C(N)=O. The molecule has 1 atom stereocenters. The number of halogens is 3. The molecule has 1 aromatic carbocycles. The highest BCUT2D eigenvalue weighted by molar-refractivity contribution is 5.87. The van der Waals surface area contributed by atoms with Crippen molar-refractivity contribution in [1.29, 1.82) is 0 Å². The first-order valence-corrected chi connectivity index (χ1v) is 5.99. The summed E-state index contributed by atoms with van der Waals surface area (Å²) >= 11 is 0. The van der Waals surface area contributed by atoms with Gasteiger partial charge in [-0.2, -0.15) is 13.2 Å². The molecule has 2 amide bonds. The van der Waals surface area contributed by atoms with Crippen LogP contribution < -0.4 is 11.1 Å². The van der Waals surface area contributed by atoms with Crippen LogP contribution in [0.2, 0.25) is 0 Å². The summed E-state index contributed by atoms with van der Waals surface area (Å²) in [7, 11) is 0. The van der Waals surface area contributed by atoms with Crippen molar-refractivity contribution in [3.8, 4) is 0 Å². The monoisotopic (exact) mass is 288 g/mol. The fourth-order valence-electron chi connectivity index (χ4n) is 1.62. The normalized spacial score (nSPS) is 12.8. The van der Waals surface area contributed by atoms with E-state index in [4.69, 9.17) is 5.73 Å². The minimum absolute atomic E-state index is 0.109. The second-order valence-electron chi connectivity index (χ2n) is 4.30. The Kier molecular flexibility index (Phi) is 5.12. The van der Waals surface area contributed by atoms with Crippen molar-refractivity contribution in [3.05, 3.63) is 35.4 Å². The number of nitrogens with two attached hydrogens (primary N) is 1. The average Bonchev–Trinajstić information content (AvgIpc) is 2.35. The van der Waals surface area contributed by atoms with Crippen LogP contribution in [0.5, 0.6) is 0 Å². The van der Waals surface area contributed by atoms with E-state index in [0.29, 0.717) is 12.0 Å². The quantitative estimate of drug-likeness (QED) is 0.864. The van der Waals surface area contributed by atoms with Crippen LogP contribution >= 0.6 is 0 Å². The molecule has 3 N–H and O–H groups in total. The molecule has 0 aromatic heterocycles. The van der Waals surface area contributed by atoms with Crippen LogP contribution in [0.1, 0.15) is 24.5 Å². The van der Waals surface area contributed by atoms with E-state index in [1.54, 1.807) is 6.92 Å². The van der Waals surface area contributed by atoms with Crippen LogP contribution in [-0.4, -0.2) is 17.9 Å². The topological polar surface area (TPSA) is 72.2 Å². The van der Waals surface area contributed by atoms with Gasteiger partial charge in [0, 0.05) is 0 Å². The number of alkyl halides is 3. The van der Waals surface area contributed by atoms with Crippen molar-refractivity contribution in [2.45, 2.75) is 32.0 Å². The Balaban J connectivity index is 2.65. The summed E-state index contributed by atoms with van der Waals surface area (Å²) in [5.74, 6) is -1.11. The molecule has 4 nitrogen and oxygen atoms in total. The molecule has 1 rings (SSSR count). The molecule has 0 aliphatic carbocycles. The summed E-state index contributed by atoms with van der Waals surface area (Å²) in [6, 6.07) is 3.51. The van der Waals surface area contributed by atoms with Gasteiger partial charge >= 0.3 is 6.18 Å². The minimum atomic E-state index is -4.40. The average molecular weight is 288 g/mol. The predicted molar refractivity (Wildman–Crippen MR) is 66.6 cm³/mol. The number of amides is 2. The summed E-state index contributed by atoms with van der Waals surface area (Å²) in [6.45, 7) is 1.69. The van der Waals surface area contributed by atoms with Gasteiger partial charge in [-0.15, -0.1) is 0 Å². The maximum absolute atomic E-state index is 12.4. The third-order valence-electron chi connectivity index (χ3n) is 2.73. The van der Waals surface area contributed by atoms with E-state index in [1.807, 2.05) is 0 Å². The highest BCUT2D eigenvalue weighted by atomic mass is 19.4. The summed E-state index contributed by atoms with van der Waals surface area (Å²) in [4.78, 5) is 22.6. The van der Waals surface area contributed by atoms with E-state index in [1.165, 1.54) is 12.1 Å². The Labute approximate surface area is 114 Å². The van der Waals surface area contributed by atoms with Gasteiger partial charge in [0.1, 0.15) is 6.04 Å². The molecule has 0 fully saturated rings. The first kappa shape index (κ1) is 16.0. The maximum atomic E-state index is 12.4. The number of carbonyl (C=O) groups is 2. The molecule has 1 aromatic rings. The van der Waals surface area contributed by atoms with E-state index in [-0.39, 0.29) is 6.42 Å². The molecule has 0 aliphatic rings. The Morgan fingerprint density at radius 2 is 1.80 bits per heavy atom. The van der Waals surface area contributed by atoms with Crippen molar-refractivity contribution in [2.75, 3.05) is 0 Å². The number of hydrogen-bond acceptors (Lipinski definition) is 2. The molecule has 20 heavy (non-hydrogen) atoms. The van der Waals surface area contributed by atoms with Crippen molar-refractivity contribution >= 4 is 11.8 Å². The van der Waals surface area contributed by atoms with Crippen molar-refractivity contribution in [2.24, 2.45) is 5.73 Å². The fourth-order valence-corrected chi connectivity index (χ4v) is 1.62. The molecular weight excluding hydrogens is 273 g/mol. The van der Waals surface area contributed by atoms with E-state index in [0.717, 1.165) is 12.1 Å². The van der Waals surface area contributed by atoms with Gasteiger partial charge in [0.05, 0.1) is 12.0 Å². The van der Waals surface area contributed by atoms with Gasteiger partial charge in [-0.05, 0) is 24.1 Å². The molecule has 0 saturated heterocycles. The van der Waals surface area contributed by atoms with Gasteiger partial charge in [0.25, 0.3) is 0 Å². The summed E-state index contributed by atoms with van der Waals surface area (Å²) in [6.07, 6.45) is -4.16. The van der Waals surface area contributed by atoms with Crippen LogP contribution in [-0.2, 0) is 22.2 Å². The summed E-state index contributed by atoms with van der Waals surface area (Å²) < 4.78 is 37.1. The van der Waals surface area contributed by atoms with E-state index < -0.39 is 29.6 Å². The Hall–Kier alpha value is -2.05. The molecule has 0 heterocycles. The summed E-state index contributed by atoms with van der Waals surface area (Å²) in [5, 5.41) is 2.42. The van der Waals surface area contributed by atoms with Crippen LogP contribution in [0.4, 0.5) is 13.2 Å². The van der Waals surface area contributed by atoms with Crippen LogP contribution in [0.3, 0.4) is 0 Å². The first-order chi connectivity index (χ1) is 9.24. The van der Waals surface area contributed by atoms with Crippen LogP contribution in [0, 0.1) is 0 Å². The lowest BCUT2D eigenvalue weighted by Crippen LogP contribution is -2.44. The smallest absolute Gasteiger partial charge is 0.368 e. The molecule has 0 aliphatic heterocycles. The molecule has 7 heteroatoms. The van der Waals surface area contributed by atoms with Gasteiger partial charge in [0.2, 0.25) is 11.8 Å². The lowest BCUT2D eigenvalue weighted by Gasteiger charge is -2.13. The number of nitrogens with one attached hydrogen (secondary N) is 1. The lowest BCUT2D eigenvalue weighted by atomic mass is 10.1. The maximum Gasteiger partial charge on any atom is 0.416 e. The van der Waals surface area contributed by atoms with Crippen LogP contribution in [0.15, 0.2) is 24.3 Å². The first-order valence-electron chi connectivity index (χ1n) is 5.99.